The monoisotopic (exact) mass is 122 g/mol. The van der Waals surface area contributed by atoms with Crippen molar-refractivity contribution in [1.82, 2.24) is 0 Å². The van der Waals surface area contributed by atoms with Gasteiger partial charge in [-0.25, -0.2) is 0 Å². The highest BCUT2D eigenvalue weighted by molar-refractivity contribution is 5.34. The zero-order chi connectivity index (χ0) is 7.28. The molecule has 0 aliphatic rings. The number of hydrogen-bond acceptors (Lipinski definition) is 0. The highest BCUT2D eigenvalue weighted by Crippen LogP contribution is 2.07. The van der Waals surface area contributed by atoms with Crippen molar-refractivity contribution in [1.29, 1.82) is 0 Å². The molecule has 50 valence electrons. The molecule has 0 saturated heterocycles. The van der Waals surface area contributed by atoms with E-state index in [0.717, 1.165) is 17.6 Å². The molecule has 0 heteroatoms. The normalized spacial score (nSPS) is 11.1. The molecule has 0 amide bonds. The summed E-state index contributed by atoms with van der Waals surface area (Å²) >= 11 is 0. The van der Waals surface area contributed by atoms with E-state index in [4.69, 9.17) is 0 Å². The van der Waals surface area contributed by atoms with Crippen LogP contribution in [0.15, 0.2) is 36.5 Å². The van der Waals surface area contributed by atoms with Crippen LogP contribution in [0.1, 0.15) is 20.3 Å². The van der Waals surface area contributed by atoms with Crippen LogP contribution in [-0.4, -0.2) is 0 Å². The van der Waals surface area contributed by atoms with Crippen LogP contribution < -0.4 is 0 Å². The molecular formula is C9H14. The van der Waals surface area contributed by atoms with E-state index in [1.807, 2.05) is 13.0 Å². The van der Waals surface area contributed by atoms with Crippen LogP contribution in [0.25, 0.3) is 0 Å². The number of rotatable bonds is 3. The highest BCUT2D eigenvalue weighted by atomic mass is 13.9. The fourth-order valence-corrected chi connectivity index (χ4v) is 0.652. The zero-order valence-corrected chi connectivity index (χ0v) is 6.28. The number of hydrogen-bond donors (Lipinski definition) is 0. The first-order valence-electron chi connectivity index (χ1n) is 3.20. The van der Waals surface area contributed by atoms with Crippen LogP contribution in [0, 0.1) is 0 Å². The van der Waals surface area contributed by atoms with Gasteiger partial charge >= 0.3 is 0 Å². The van der Waals surface area contributed by atoms with Crippen molar-refractivity contribution in [2.75, 3.05) is 0 Å². The van der Waals surface area contributed by atoms with E-state index in [0.29, 0.717) is 0 Å². The molecule has 0 rings (SSSR count). The first kappa shape index (κ1) is 8.22. The predicted molar refractivity (Wildman–Crippen MR) is 43.4 cm³/mol. The SMILES string of the molecule is C=C/C(=C\CC)C(=C)C. The van der Waals surface area contributed by atoms with Gasteiger partial charge in [0.2, 0.25) is 0 Å². The van der Waals surface area contributed by atoms with Crippen LogP contribution in [-0.2, 0) is 0 Å². The molecule has 0 atom stereocenters. The molecule has 0 saturated carbocycles. The smallest absolute Gasteiger partial charge is 0.0279 e. The van der Waals surface area contributed by atoms with Gasteiger partial charge in [0.15, 0.2) is 0 Å². The van der Waals surface area contributed by atoms with E-state index in [2.05, 4.69) is 26.2 Å². The van der Waals surface area contributed by atoms with Crippen LogP contribution in [0.4, 0.5) is 0 Å². The lowest BCUT2D eigenvalue weighted by Crippen LogP contribution is -1.76. The second-order valence-electron chi connectivity index (χ2n) is 2.05. The van der Waals surface area contributed by atoms with Gasteiger partial charge < -0.3 is 0 Å². The molecule has 0 aromatic rings. The van der Waals surface area contributed by atoms with Crippen LogP contribution in [0.3, 0.4) is 0 Å². The molecule has 0 aliphatic heterocycles. The molecular weight excluding hydrogens is 108 g/mol. The largest absolute Gasteiger partial charge is 0.0985 e. The van der Waals surface area contributed by atoms with Crippen LogP contribution in [0.5, 0.6) is 0 Å². The minimum atomic E-state index is 1.05. The van der Waals surface area contributed by atoms with Gasteiger partial charge in [-0.05, 0) is 18.9 Å². The standard InChI is InChI=1S/C9H14/c1-5-7-9(6-2)8(3)4/h6-7H,2-3,5H2,1,4H3/b9-7+. The van der Waals surface area contributed by atoms with Crippen LogP contribution in [0.2, 0.25) is 0 Å². The summed E-state index contributed by atoms with van der Waals surface area (Å²) in [6, 6.07) is 0. The Morgan fingerprint density at radius 2 is 2.11 bits per heavy atom. The molecule has 0 radical (unpaired) electrons. The van der Waals surface area contributed by atoms with Gasteiger partial charge in [-0.15, -0.1) is 0 Å². The Hall–Kier alpha value is -0.780. The average Bonchev–Trinajstić information content (AvgIpc) is 1.82. The predicted octanol–water partition coefficient (Wildman–Crippen LogP) is 3.08. The van der Waals surface area contributed by atoms with E-state index in [-0.39, 0.29) is 0 Å². The third kappa shape index (κ3) is 2.91. The lowest BCUT2D eigenvalue weighted by molar-refractivity contribution is 1.20. The third-order valence-electron chi connectivity index (χ3n) is 1.14. The van der Waals surface area contributed by atoms with Gasteiger partial charge in [-0.2, -0.15) is 0 Å². The van der Waals surface area contributed by atoms with Crippen molar-refractivity contribution in [3.05, 3.63) is 36.5 Å². The van der Waals surface area contributed by atoms with Gasteiger partial charge in [0.05, 0.1) is 0 Å². The average molecular weight is 122 g/mol. The van der Waals surface area contributed by atoms with Crippen molar-refractivity contribution in [3.63, 3.8) is 0 Å². The topological polar surface area (TPSA) is 0 Å². The Kier molecular flexibility index (Phi) is 3.78. The molecule has 0 N–H and O–H groups in total. The minimum absolute atomic E-state index is 1.05. The molecule has 0 nitrogen and oxygen atoms in total. The van der Waals surface area contributed by atoms with Crippen LogP contribution >= 0.6 is 0 Å². The Morgan fingerprint density at radius 1 is 1.56 bits per heavy atom. The molecule has 0 heterocycles. The van der Waals surface area contributed by atoms with Crippen molar-refractivity contribution in [2.24, 2.45) is 0 Å². The molecule has 0 aliphatic carbocycles. The summed E-state index contributed by atoms with van der Waals surface area (Å²) in [5.74, 6) is 0. The minimum Gasteiger partial charge on any atom is -0.0985 e. The molecule has 0 bridgehead atoms. The summed E-state index contributed by atoms with van der Waals surface area (Å²) in [6.07, 6.45) is 5.01. The molecule has 0 unspecified atom stereocenters. The summed E-state index contributed by atoms with van der Waals surface area (Å²) in [7, 11) is 0. The fourth-order valence-electron chi connectivity index (χ4n) is 0.652. The fraction of sp³-hybridized carbons (Fsp3) is 0.333. The van der Waals surface area contributed by atoms with Gasteiger partial charge in [-0.3, -0.25) is 0 Å². The molecule has 0 aromatic heterocycles. The summed E-state index contributed by atoms with van der Waals surface area (Å²) in [5.41, 5.74) is 2.25. The lowest BCUT2D eigenvalue weighted by atomic mass is 10.1. The maximum atomic E-state index is 3.81. The first-order chi connectivity index (χ1) is 4.22. The molecule has 9 heavy (non-hydrogen) atoms. The van der Waals surface area contributed by atoms with Crippen molar-refractivity contribution in [3.8, 4) is 0 Å². The van der Waals surface area contributed by atoms with E-state index in [1.165, 1.54) is 0 Å². The van der Waals surface area contributed by atoms with Gasteiger partial charge in [0.25, 0.3) is 0 Å². The van der Waals surface area contributed by atoms with Crippen molar-refractivity contribution < 1.29 is 0 Å². The summed E-state index contributed by atoms with van der Waals surface area (Å²) in [4.78, 5) is 0. The quantitative estimate of drug-likeness (QED) is 0.504. The van der Waals surface area contributed by atoms with Gasteiger partial charge in [0, 0.05) is 0 Å². The highest BCUT2D eigenvalue weighted by Gasteiger charge is 1.87. The van der Waals surface area contributed by atoms with E-state index >= 15 is 0 Å². The second-order valence-corrected chi connectivity index (χ2v) is 2.05. The maximum Gasteiger partial charge on any atom is -0.0279 e. The Balaban J connectivity index is 4.14. The van der Waals surface area contributed by atoms with E-state index in [9.17, 15) is 0 Å². The summed E-state index contributed by atoms with van der Waals surface area (Å²) in [6.45, 7) is 11.6. The maximum absolute atomic E-state index is 3.81. The third-order valence-corrected chi connectivity index (χ3v) is 1.14. The molecule has 0 aromatic carbocycles. The zero-order valence-electron chi connectivity index (χ0n) is 6.28. The van der Waals surface area contributed by atoms with Gasteiger partial charge in [0.1, 0.15) is 0 Å². The van der Waals surface area contributed by atoms with Crippen molar-refractivity contribution in [2.45, 2.75) is 20.3 Å². The first-order valence-corrected chi connectivity index (χ1v) is 3.20. The second kappa shape index (κ2) is 4.13. The number of allylic oxidation sites excluding steroid dienone is 4. The molecule has 0 fully saturated rings. The van der Waals surface area contributed by atoms with E-state index in [1.54, 1.807) is 0 Å². The Labute approximate surface area is 57.6 Å². The van der Waals surface area contributed by atoms with Gasteiger partial charge in [-0.1, -0.05) is 37.8 Å². The summed E-state index contributed by atoms with van der Waals surface area (Å²) < 4.78 is 0. The Bertz CT molecular complexity index is 138. The summed E-state index contributed by atoms with van der Waals surface area (Å²) in [5, 5.41) is 0. The van der Waals surface area contributed by atoms with E-state index < -0.39 is 0 Å². The molecule has 0 spiro atoms. The lowest BCUT2D eigenvalue weighted by Gasteiger charge is -1.96. The Morgan fingerprint density at radius 3 is 2.22 bits per heavy atom. The van der Waals surface area contributed by atoms with Crippen molar-refractivity contribution >= 4 is 0 Å².